The van der Waals surface area contributed by atoms with Crippen molar-refractivity contribution in [3.63, 3.8) is 0 Å². The van der Waals surface area contributed by atoms with Gasteiger partial charge in [0, 0.05) is 37.3 Å². The summed E-state index contributed by atoms with van der Waals surface area (Å²) >= 11 is 0. The smallest absolute Gasteiger partial charge is 0.223 e. The fourth-order valence-corrected chi connectivity index (χ4v) is 4.37. The Morgan fingerprint density at radius 1 is 1.17 bits per heavy atom. The molecule has 0 bridgehead atoms. The molecule has 158 valence electrons. The minimum Gasteiger partial charge on any atom is -0.490 e. The average molecular weight is 401 g/mol. The highest BCUT2D eigenvalue weighted by molar-refractivity contribution is 5.84. The van der Waals surface area contributed by atoms with E-state index in [2.05, 4.69) is 29.0 Å². The lowest BCUT2D eigenvalue weighted by atomic mass is 9.93. The molecule has 2 heterocycles. The van der Waals surface area contributed by atoms with Gasteiger partial charge in [0.2, 0.25) is 5.95 Å². The van der Waals surface area contributed by atoms with E-state index in [1.807, 2.05) is 24.4 Å². The van der Waals surface area contributed by atoms with Crippen LogP contribution in [0.25, 0.3) is 10.9 Å². The van der Waals surface area contributed by atoms with Crippen molar-refractivity contribution in [2.45, 2.75) is 63.9 Å². The number of anilines is 1. The Morgan fingerprint density at radius 2 is 1.93 bits per heavy atom. The van der Waals surface area contributed by atoms with E-state index < -0.39 is 0 Å². The Hall–Kier alpha value is -1.96. The van der Waals surface area contributed by atoms with E-state index in [-0.39, 0.29) is 18.3 Å². The molecule has 1 saturated carbocycles. The van der Waals surface area contributed by atoms with E-state index in [0.29, 0.717) is 18.6 Å². The van der Waals surface area contributed by atoms with Gasteiger partial charge in [0.15, 0.2) is 0 Å². The fourth-order valence-electron chi connectivity index (χ4n) is 4.37. The molecule has 2 fully saturated rings. The van der Waals surface area contributed by atoms with Crippen LogP contribution in [0.5, 0.6) is 5.75 Å². The number of benzene rings is 1. The van der Waals surface area contributed by atoms with Crippen molar-refractivity contribution in [2.75, 3.05) is 31.6 Å². The molecule has 2 N–H and O–H groups in total. The van der Waals surface area contributed by atoms with E-state index in [1.165, 1.54) is 0 Å². The van der Waals surface area contributed by atoms with E-state index in [4.69, 9.17) is 14.5 Å². The van der Waals surface area contributed by atoms with E-state index in [0.717, 1.165) is 62.0 Å². The lowest BCUT2D eigenvalue weighted by Gasteiger charge is -2.35. The molecular weight excluding hydrogens is 368 g/mol. The molecule has 1 saturated heterocycles. The summed E-state index contributed by atoms with van der Waals surface area (Å²) in [4.78, 5) is 11.6. The monoisotopic (exact) mass is 400 g/mol. The number of morpholine rings is 1. The molecule has 2 unspecified atom stereocenters. The molecule has 4 rings (SSSR count). The van der Waals surface area contributed by atoms with Crippen molar-refractivity contribution in [1.29, 1.82) is 0 Å². The number of hydrogen-bond acceptors (Lipinski definition) is 7. The lowest BCUT2D eigenvalue weighted by Crippen LogP contribution is -2.46. The maximum atomic E-state index is 9.69. The Balaban J connectivity index is 1.39. The van der Waals surface area contributed by atoms with E-state index >= 15 is 0 Å². The molecule has 7 heteroatoms. The predicted molar refractivity (Wildman–Crippen MR) is 113 cm³/mol. The first kappa shape index (κ1) is 20.3. The Kier molecular flexibility index (Phi) is 6.47. The van der Waals surface area contributed by atoms with Crippen molar-refractivity contribution in [2.24, 2.45) is 0 Å². The predicted octanol–water partition coefficient (Wildman–Crippen LogP) is 2.83. The second kappa shape index (κ2) is 9.24. The number of aliphatic hydroxyl groups excluding tert-OH is 1. The average Bonchev–Trinajstić information content (AvgIpc) is 2.69. The van der Waals surface area contributed by atoms with Crippen molar-refractivity contribution < 1.29 is 14.6 Å². The first-order valence-electron chi connectivity index (χ1n) is 10.8. The number of rotatable bonds is 6. The number of aromatic nitrogens is 2. The second-order valence-corrected chi connectivity index (χ2v) is 8.40. The van der Waals surface area contributed by atoms with Crippen LogP contribution in [0.3, 0.4) is 0 Å². The zero-order chi connectivity index (χ0) is 20.2. The van der Waals surface area contributed by atoms with Crippen molar-refractivity contribution in [3.05, 3.63) is 24.4 Å². The van der Waals surface area contributed by atoms with E-state index in [9.17, 15) is 5.11 Å². The Labute approximate surface area is 172 Å². The highest BCUT2D eigenvalue weighted by atomic mass is 16.5. The Morgan fingerprint density at radius 3 is 2.69 bits per heavy atom. The van der Waals surface area contributed by atoms with Gasteiger partial charge in [-0.25, -0.2) is 9.97 Å². The summed E-state index contributed by atoms with van der Waals surface area (Å²) in [5, 5.41) is 14.1. The van der Waals surface area contributed by atoms with Crippen LogP contribution in [-0.2, 0) is 4.74 Å². The standard InChI is InChI=1S/C22H32N4O3/c1-15-13-26(14-16(2)29-15)10-11-28-20-5-3-4-17-12-23-22(25-21(17)20)24-18-6-8-19(27)9-7-18/h3-5,12,15-16,18-19,27H,6-11,13-14H2,1-2H3,(H,23,24,25)/t15?,16?,18-,19-. The van der Waals surface area contributed by atoms with Gasteiger partial charge in [0.25, 0.3) is 0 Å². The molecule has 7 nitrogen and oxygen atoms in total. The van der Waals surface area contributed by atoms with Gasteiger partial charge in [-0.3, -0.25) is 4.90 Å². The second-order valence-electron chi connectivity index (χ2n) is 8.40. The SMILES string of the molecule is CC1CN(CCOc2cccc3cnc(N[C@H]4CC[C@H](O)CC4)nc23)CC(C)O1. The molecule has 1 aliphatic carbocycles. The molecule has 2 aromatic rings. The molecule has 2 atom stereocenters. The molecule has 1 aromatic carbocycles. The molecule has 1 aromatic heterocycles. The zero-order valence-electron chi connectivity index (χ0n) is 17.4. The minimum atomic E-state index is -0.164. The molecule has 1 aliphatic heterocycles. The third kappa shape index (κ3) is 5.35. The quantitative estimate of drug-likeness (QED) is 0.772. The zero-order valence-corrected chi connectivity index (χ0v) is 17.4. The first-order chi connectivity index (χ1) is 14.1. The lowest BCUT2D eigenvalue weighted by molar-refractivity contribution is -0.0699. The molecule has 29 heavy (non-hydrogen) atoms. The summed E-state index contributed by atoms with van der Waals surface area (Å²) in [6.07, 6.45) is 5.76. The molecular formula is C22H32N4O3. The van der Waals surface area contributed by atoms with Gasteiger partial charge in [0.1, 0.15) is 17.9 Å². The van der Waals surface area contributed by atoms with Crippen LogP contribution in [0.2, 0.25) is 0 Å². The molecule has 0 spiro atoms. The van der Waals surface area contributed by atoms with Gasteiger partial charge in [-0.05, 0) is 45.6 Å². The van der Waals surface area contributed by atoms with Gasteiger partial charge in [0.05, 0.1) is 18.3 Å². The summed E-state index contributed by atoms with van der Waals surface area (Å²) in [6.45, 7) is 7.60. The molecule has 2 aliphatic rings. The topological polar surface area (TPSA) is 79.7 Å². The maximum absolute atomic E-state index is 9.69. The minimum absolute atomic E-state index is 0.164. The largest absolute Gasteiger partial charge is 0.490 e. The van der Waals surface area contributed by atoms with Crippen LogP contribution in [0.15, 0.2) is 24.4 Å². The number of hydrogen-bond donors (Lipinski definition) is 2. The van der Waals surface area contributed by atoms with Crippen LogP contribution < -0.4 is 10.1 Å². The number of fused-ring (bicyclic) bond motifs is 1. The van der Waals surface area contributed by atoms with Crippen molar-refractivity contribution >= 4 is 16.9 Å². The van der Waals surface area contributed by atoms with Gasteiger partial charge in [-0.2, -0.15) is 0 Å². The first-order valence-corrected chi connectivity index (χ1v) is 10.8. The third-order valence-electron chi connectivity index (χ3n) is 5.76. The molecule has 0 amide bonds. The number of nitrogens with one attached hydrogen (secondary N) is 1. The highest BCUT2D eigenvalue weighted by Gasteiger charge is 2.22. The van der Waals surface area contributed by atoms with Gasteiger partial charge >= 0.3 is 0 Å². The molecule has 0 radical (unpaired) electrons. The fraction of sp³-hybridized carbons (Fsp3) is 0.636. The normalized spacial score (nSPS) is 28.4. The summed E-state index contributed by atoms with van der Waals surface area (Å²) in [5.74, 6) is 1.42. The van der Waals surface area contributed by atoms with Crippen molar-refractivity contribution in [1.82, 2.24) is 14.9 Å². The summed E-state index contributed by atoms with van der Waals surface area (Å²) in [5.41, 5.74) is 0.838. The van der Waals surface area contributed by atoms with Crippen LogP contribution in [0.4, 0.5) is 5.95 Å². The maximum Gasteiger partial charge on any atom is 0.223 e. The highest BCUT2D eigenvalue weighted by Crippen LogP contribution is 2.26. The summed E-state index contributed by atoms with van der Waals surface area (Å²) in [7, 11) is 0. The van der Waals surface area contributed by atoms with Crippen molar-refractivity contribution in [3.8, 4) is 5.75 Å². The van der Waals surface area contributed by atoms with Gasteiger partial charge in [-0.1, -0.05) is 12.1 Å². The van der Waals surface area contributed by atoms with E-state index in [1.54, 1.807) is 0 Å². The van der Waals surface area contributed by atoms with Gasteiger partial charge < -0.3 is 19.9 Å². The summed E-state index contributed by atoms with van der Waals surface area (Å²) in [6, 6.07) is 6.28. The number of aliphatic hydroxyl groups is 1. The van der Waals surface area contributed by atoms with Crippen LogP contribution >= 0.6 is 0 Å². The van der Waals surface area contributed by atoms with Gasteiger partial charge in [-0.15, -0.1) is 0 Å². The number of nitrogens with zero attached hydrogens (tertiary/aromatic N) is 3. The summed E-state index contributed by atoms with van der Waals surface area (Å²) < 4.78 is 11.9. The third-order valence-corrected chi connectivity index (χ3v) is 5.76. The van der Waals surface area contributed by atoms with Crippen LogP contribution in [0, 0.1) is 0 Å². The van der Waals surface area contributed by atoms with Crippen LogP contribution in [-0.4, -0.2) is 70.6 Å². The number of ether oxygens (including phenoxy) is 2. The number of para-hydroxylation sites is 1. The Bertz CT molecular complexity index is 800. The van der Waals surface area contributed by atoms with Crippen LogP contribution in [0.1, 0.15) is 39.5 Å².